The van der Waals surface area contributed by atoms with Crippen LogP contribution in [0.15, 0.2) is 36.4 Å². The maximum absolute atomic E-state index is 12.7. The number of rotatable bonds is 4. The van der Waals surface area contributed by atoms with Gasteiger partial charge in [0, 0.05) is 18.0 Å². The number of hydrogen-bond acceptors (Lipinski definition) is 3. The lowest BCUT2D eigenvalue weighted by atomic mass is 9.96. The number of nitrogens with zero attached hydrogens (tertiary/aromatic N) is 1. The third-order valence-electron chi connectivity index (χ3n) is 4.54. The van der Waals surface area contributed by atoms with Crippen LogP contribution in [-0.4, -0.2) is 35.4 Å². The van der Waals surface area contributed by atoms with E-state index < -0.39 is 0 Å². The highest BCUT2D eigenvalue weighted by molar-refractivity contribution is 6.01. The van der Waals surface area contributed by atoms with Crippen molar-refractivity contribution < 1.29 is 9.90 Å². The van der Waals surface area contributed by atoms with Crippen LogP contribution in [0.3, 0.4) is 0 Å². The summed E-state index contributed by atoms with van der Waals surface area (Å²) in [6, 6.07) is 11.0. The minimum atomic E-state index is 0. The largest absolute Gasteiger partial charge is 0.508 e. The lowest BCUT2D eigenvalue weighted by molar-refractivity contribution is 0.0884. The molecule has 23 heavy (non-hydrogen) atoms. The van der Waals surface area contributed by atoms with E-state index in [-0.39, 0.29) is 29.9 Å². The molecule has 1 saturated heterocycles. The van der Waals surface area contributed by atoms with Gasteiger partial charge in [-0.05, 0) is 54.9 Å². The number of benzene rings is 2. The number of fused-ring (bicyclic) bond motifs is 1. The van der Waals surface area contributed by atoms with Crippen LogP contribution in [0.1, 0.15) is 36.5 Å². The number of phenolic OH excluding ortho intramolecular Hbond substituents is 1. The molecule has 2 aromatic rings. The second-order valence-electron chi connectivity index (χ2n) is 6.37. The average molecular weight is 334 g/mol. The molecule has 4 heteroatoms. The van der Waals surface area contributed by atoms with E-state index in [4.69, 9.17) is 0 Å². The quantitative estimate of drug-likeness (QED) is 0.849. The fourth-order valence-corrected chi connectivity index (χ4v) is 3.28. The van der Waals surface area contributed by atoms with Gasteiger partial charge in [0.15, 0.2) is 5.78 Å². The minimum absolute atomic E-state index is 0. The predicted octanol–water partition coefficient (Wildman–Crippen LogP) is 4.27. The molecule has 0 spiro atoms. The molecule has 1 aliphatic heterocycles. The van der Waals surface area contributed by atoms with Gasteiger partial charge in [-0.15, -0.1) is 12.4 Å². The van der Waals surface area contributed by atoms with Crippen molar-refractivity contribution in [3.05, 3.63) is 42.0 Å². The molecule has 2 aromatic carbocycles. The number of piperidine rings is 1. The summed E-state index contributed by atoms with van der Waals surface area (Å²) in [5.74, 6) is 0.484. The smallest absolute Gasteiger partial charge is 0.166 e. The number of phenols is 1. The number of Topliss-reactive ketones (excluding diaryl/α,β-unsaturated/α-hetero) is 1. The van der Waals surface area contributed by atoms with Crippen LogP contribution < -0.4 is 0 Å². The molecule has 1 aliphatic rings. The Balaban J connectivity index is 0.00000192. The zero-order chi connectivity index (χ0) is 15.5. The number of halogens is 1. The lowest BCUT2D eigenvalue weighted by Gasteiger charge is -2.28. The molecule has 0 radical (unpaired) electrons. The van der Waals surface area contributed by atoms with E-state index in [1.807, 2.05) is 31.2 Å². The molecular weight excluding hydrogens is 310 g/mol. The van der Waals surface area contributed by atoms with Crippen LogP contribution in [0.4, 0.5) is 0 Å². The fraction of sp³-hybridized carbons (Fsp3) is 0.421. The zero-order valence-corrected chi connectivity index (χ0v) is 14.3. The van der Waals surface area contributed by atoms with Gasteiger partial charge in [-0.3, -0.25) is 4.79 Å². The van der Waals surface area contributed by atoms with Crippen molar-refractivity contribution in [2.75, 3.05) is 19.6 Å². The van der Waals surface area contributed by atoms with Gasteiger partial charge in [0.2, 0.25) is 0 Å². The van der Waals surface area contributed by atoms with Gasteiger partial charge < -0.3 is 10.0 Å². The molecule has 124 valence electrons. The Kier molecular flexibility index (Phi) is 6.03. The third kappa shape index (κ3) is 4.24. The van der Waals surface area contributed by atoms with E-state index >= 15 is 0 Å². The van der Waals surface area contributed by atoms with Crippen LogP contribution in [0, 0.1) is 5.92 Å². The highest BCUT2D eigenvalue weighted by Gasteiger charge is 2.20. The number of carbonyl (C=O) groups excluding carboxylic acids is 1. The van der Waals surface area contributed by atoms with Crippen molar-refractivity contribution in [3.63, 3.8) is 0 Å². The van der Waals surface area contributed by atoms with E-state index in [1.54, 1.807) is 12.1 Å². The van der Waals surface area contributed by atoms with Gasteiger partial charge in [-0.1, -0.05) is 31.5 Å². The first-order valence-corrected chi connectivity index (χ1v) is 8.13. The predicted molar refractivity (Wildman–Crippen MR) is 96.6 cm³/mol. The molecule has 1 fully saturated rings. The number of aromatic hydroxyl groups is 1. The topological polar surface area (TPSA) is 40.5 Å². The molecule has 0 saturated carbocycles. The Labute approximate surface area is 143 Å². The fourth-order valence-electron chi connectivity index (χ4n) is 3.28. The van der Waals surface area contributed by atoms with E-state index in [0.29, 0.717) is 0 Å². The van der Waals surface area contributed by atoms with E-state index in [2.05, 4.69) is 4.90 Å². The first kappa shape index (κ1) is 17.8. The summed E-state index contributed by atoms with van der Waals surface area (Å²) in [6.45, 7) is 5.12. The van der Waals surface area contributed by atoms with Crippen molar-refractivity contribution in [2.45, 2.75) is 26.2 Å². The summed E-state index contributed by atoms with van der Waals surface area (Å²) in [7, 11) is 0. The normalized spacial score (nSPS) is 16.7. The van der Waals surface area contributed by atoms with Gasteiger partial charge in [0.25, 0.3) is 0 Å². The molecule has 0 aromatic heterocycles. The molecule has 3 nitrogen and oxygen atoms in total. The van der Waals surface area contributed by atoms with Crippen molar-refractivity contribution >= 4 is 29.0 Å². The Bertz CT molecular complexity index is 680. The number of hydrogen-bond donors (Lipinski definition) is 1. The van der Waals surface area contributed by atoms with E-state index in [0.717, 1.165) is 36.0 Å². The van der Waals surface area contributed by atoms with Crippen LogP contribution >= 0.6 is 12.4 Å². The van der Waals surface area contributed by atoms with Crippen molar-refractivity contribution in [1.29, 1.82) is 0 Å². The van der Waals surface area contributed by atoms with Crippen molar-refractivity contribution in [2.24, 2.45) is 5.92 Å². The number of carbonyl (C=O) groups is 1. The second-order valence-corrected chi connectivity index (χ2v) is 6.37. The Morgan fingerprint density at radius 3 is 2.48 bits per heavy atom. The van der Waals surface area contributed by atoms with Gasteiger partial charge in [-0.2, -0.15) is 0 Å². The monoisotopic (exact) mass is 333 g/mol. The molecule has 0 aliphatic carbocycles. The Hall–Kier alpha value is -1.58. The van der Waals surface area contributed by atoms with Crippen LogP contribution in [0.5, 0.6) is 5.75 Å². The van der Waals surface area contributed by atoms with Crippen molar-refractivity contribution in [1.82, 2.24) is 4.90 Å². The Morgan fingerprint density at radius 1 is 1.09 bits per heavy atom. The minimum Gasteiger partial charge on any atom is -0.508 e. The van der Waals surface area contributed by atoms with E-state index in [9.17, 15) is 9.90 Å². The summed E-state index contributed by atoms with van der Waals surface area (Å²) in [6.07, 6.45) is 3.82. The standard InChI is InChI=1S/C19H23NO2.ClH/c1-14(13-20-9-3-2-4-10-20)19(22)17-6-5-16-12-18(21)8-7-15(16)11-17;/h5-8,11-12,14,21H,2-4,9-10,13H2,1H3;1H. The first-order valence-electron chi connectivity index (χ1n) is 8.13. The zero-order valence-electron chi connectivity index (χ0n) is 13.5. The summed E-state index contributed by atoms with van der Waals surface area (Å²) < 4.78 is 0. The SMILES string of the molecule is CC(CN1CCCCC1)C(=O)c1ccc2cc(O)ccc2c1.Cl. The summed E-state index contributed by atoms with van der Waals surface area (Å²) in [4.78, 5) is 15.1. The van der Waals surface area contributed by atoms with Gasteiger partial charge in [0.1, 0.15) is 5.75 Å². The molecule has 1 atom stereocenters. The van der Waals surface area contributed by atoms with Gasteiger partial charge in [0.05, 0.1) is 0 Å². The van der Waals surface area contributed by atoms with Gasteiger partial charge in [-0.25, -0.2) is 0 Å². The lowest BCUT2D eigenvalue weighted by Crippen LogP contribution is -2.35. The number of likely N-dealkylation sites (tertiary alicyclic amines) is 1. The Morgan fingerprint density at radius 2 is 1.74 bits per heavy atom. The molecular formula is C19H24ClNO2. The third-order valence-corrected chi connectivity index (χ3v) is 4.54. The summed E-state index contributed by atoms with van der Waals surface area (Å²) in [5, 5.41) is 11.5. The summed E-state index contributed by atoms with van der Waals surface area (Å²) >= 11 is 0. The highest BCUT2D eigenvalue weighted by Crippen LogP contribution is 2.23. The second kappa shape index (κ2) is 7.80. The molecule has 1 unspecified atom stereocenters. The maximum Gasteiger partial charge on any atom is 0.166 e. The first-order chi connectivity index (χ1) is 10.6. The van der Waals surface area contributed by atoms with Crippen molar-refractivity contribution in [3.8, 4) is 5.75 Å². The number of ketones is 1. The van der Waals surface area contributed by atoms with Crippen LogP contribution in [0.25, 0.3) is 10.8 Å². The highest BCUT2D eigenvalue weighted by atomic mass is 35.5. The molecule has 1 heterocycles. The van der Waals surface area contributed by atoms with Crippen LogP contribution in [-0.2, 0) is 0 Å². The summed E-state index contributed by atoms with van der Waals surface area (Å²) in [5.41, 5.74) is 0.766. The van der Waals surface area contributed by atoms with E-state index in [1.165, 1.54) is 19.3 Å². The molecule has 3 rings (SSSR count). The average Bonchev–Trinajstić information content (AvgIpc) is 2.54. The maximum atomic E-state index is 12.7. The molecule has 0 amide bonds. The van der Waals surface area contributed by atoms with Gasteiger partial charge >= 0.3 is 0 Å². The molecule has 1 N–H and O–H groups in total. The molecule has 0 bridgehead atoms. The van der Waals surface area contributed by atoms with Crippen LogP contribution in [0.2, 0.25) is 0 Å².